The number of rotatable bonds is 6. The molecule has 0 spiro atoms. The molecule has 1 saturated heterocycles. The van der Waals surface area contributed by atoms with Gasteiger partial charge in [-0.1, -0.05) is 0 Å². The van der Waals surface area contributed by atoms with E-state index >= 15 is 0 Å². The fourth-order valence-corrected chi connectivity index (χ4v) is 2.17. The Kier molecular flexibility index (Phi) is 6.13. The third kappa shape index (κ3) is 3.90. The van der Waals surface area contributed by atoms with Gasteiger partial charge in [-0.2, -0.15) is 13.2 Å². The highest BCUT2D eigenvalue weighted by molar-refractivity contribution is 14.2. The summed E-state index contributed by atoms with van der Waals surface area (Å²) in [6, 6.07) is 0. The Balaban J connectivity index is 2.35. The van der Waals surface area contributed by atoms with E-state index in [0.717, 1.165) is 0 Å². The molecule has 0 atom stereocenters. The van der Waals surface area contributed by atoms with E-state index in [-0.39, 0.29) is 19.6 Å². The van der Waals surface area contributed by atoms with Crippen molar-refractivity contribution in [2.75, 3.05) is 19.8 Å². The van der Waals surface area contributed by atoms with Crippen LogP contribution >= 0.6 is 30.4 Å². The third-order valence-electron chi connectivity index (χ3n) is 2.21. The highest BCUT2D eigenvalue weighted by Crippen LogP contribution is 2.41. The van der Waals surface area contributed by atoms with E-state index < -0.39 is 12.0 Å². The Labute approximate surface area is 108 Å². The molecule has 3 nitrogen and oxygen atoms in total. The van der Waals surface area contributed by atoms with E-state index in [1.165, 1.54) is 9.21 Å². The monoisotopic (exact) mass is 372 g/mol. The smallest absolute Gasteiger partial charge is 0.340 e. The minimum atomic E-state index is -4.47. The van der Waals surface area contributed by atoms with E-state index in [9.17, 15) is 13.2 Å². The zero-order valence-corrected chi connectivity index (χ0v) is 11.4. The van der Waals surface area contributed by atoms with Crippen LogP contribution in [0.15, 0.2) is 0 Å². The number of hydrogen-bond acceptors (Lipinski definition) is 4. The lowest BCUT2D eigenvalue weighted by Crippen LogP contribution is -2.46. The van der Waals surface area contributed by atoms with Gasteiger partial charge < -0.3 is 13.7 Å². The zero-order chi connectivity index (χ0) is 12.1. The molecule has 1 aliphatic heterocycles. The van der Waals surface area contributed by atoms with Crippen LogP contribution in [0.1, 0.15) is 19.3 Å². The van der Waals surface area contributed by atoms with Gasteiger partial charge in [0.1, 0.15) is 0 Å². The molecule has 0 amide bonds. The molecule has 16 heavy (non-hydrogen) atoms. The summed E-state index contributed by atoms with van der Waals surface area (Å²) in [6.07, 6.45) is -3.73. The molecule has 1 rings (SSSR count). The predicted octanol–water partition coefficient (Wildman–Crippen LogP) is 3.48. The van der Waals surface area contributed by atoms with E-state index in [1.807, 2.05) is 21.2 Å². The first-order valence-corrected chi connectivity index (χ1v) is 8.05. The molecule has 1 aliphatic rings. The Morgan fingerprint density at radius 2 is 1.88 bits per heavy atom. The molecular weight excluding hydrogens is 360 g/mol. The van der Waals surface area contributed by atoms with Crippen LogP contribution in [0.4, 0.5) is 13.2 Å². The normalized spacial score (nSPS) is 20.2. The first-order chi connectivity index (χ1) is 7.52. The fraction of sp³-hybridized carbons (Fsp3) is 1.00. The number of ether oxygens (including phenoxy) is 2. The molecule has 0 N–H and O–H groups in total. The van der Waals surface area contributed by atoms with Crippen molar-refractivity contribution in [2.45, 2.75) is 31.2 Å². The summed E-state index contributed by atoms with van der Waals surface area (Å²) in [6.45, 7) is 0.431. The summed E-state index contributed by atoms with van der Waals surface area (Å²) in [7, 11) is 1.17. The van der Waals surface area contributed by atoms with Crippen molar-refractivity contribution in [2.24, 2.45) is 0 Å². The van der Waals surface area contributed by atoms with Gasteiger partial charge in [0.15, 0.2) is 0 Å². The Morgan fingerprint density at radius 1 is 1.25 bits per heavy atom. The fourth-order valence-electron chi connectivity index (χ4n) is 1.45. The van der Waals surface area contributed by atoms with Gasteiger partial charge in [0, 0.05) is 27.6 Å². The van der Waals surface area contributed by atoms with Crippen LogP contribution in [0.5, 0.6) is 0 Å². The third-order valence-corrected chi connectivity index (χ3v) is 3.23. The molecule has 1 fully saturated rings. The average Bonchev–Trinajstić information content (AvgIpc) is 2.66. The van der Waals surface area contributed by atoms with Crippen molar-refractivity contribution in [3.05, 3.63) is 0 Å². The van der Waals surface area contributed by atoms with Gasteiger partial charge >= 0.3 is 6.18 Å². The molecular formula is C8H12F3IO3S. The quantitative estimate of drug-likeness (QED) is 0.406. The van der Waals surface area contributed by atoms with Gasteiger partial charge in [0.2, 0.25) is 0 Å². The molecule has 0 unspecified atom stereocenters. The van der Waals surface area contributed by atoms with Crippen LogP contribution in [0.2, 0.25) is 0 Å². The maximum atomic E-state index is 12.7. The van der Waals surface area contributed by atoms with Crippen molar-refractivity contribution in [3.8, 4) is 0 Å². The standard InChI is InChI=1S/C8H12F3IO3S/c9-8(10,11)7(13-5-6-14-7)3-1-2-4-15-16-12/h1-6H2. The maximum Gasteiger partial charge on any atom is 0.443 e. The van der Waals surface area contributed by atoms with Crippen molar-refractivity contribution < 1.29 is 26.8 Å². The Bertz CT molecular complexity index is 209. The maximum absolute atomic E-state index is 12.7. The summed E-state index contributed by atoms with van der Waals surface area (Å²) in [5, 5.41) is 0. The molecule has 96 valence electrons. The van der Waals surface area contributed by atoms with E-state index in [2.05, 4.69) is 0 Å². The Hall–Kier alpha value is 0.750. The van der Waals surface area contributed by atoms with Crippen LogP contribution in [0, 0.1) is 0 Å². The minimum Gasteiger partial charge on any atom is -0.340 e. The second kappa shape index (κ2) is 6.62. The van der Waals surface area contributed by atoms with Crippen LogP contribution in [-0.4, -0.2) is 31.8 Å². The Morgan fingerprint density at radius 3 is 2.38 bits per heavy atom. The average molecular weight is 372 g/mol. The van der Waals surface area contributed by atoms with Gasteiger partial charge in [0.05, 0.1) is 29.0 Å². The number of alkyl halides is 3. The van der Waals surface area contributed by atoms with Gasteiger partial charge in [-0.3, -0.25) is 0 Å². The lowest BCUT2D eigenvalue weighted by molar-refractivity contribution is -0.346. The number of unbranched alkanes of at least 4 members (excludes halogenated alkanes) is 1. The molecule has 0 aromatic carbocycles. The minimum absolute atomic E-state index is 0.000385. The van der Waals surface area contributed by atoms with Crippen LogP contribution in [-0.2, 0) is 13.7 Å². The molecule has 0 bridgehead atoms. The van der Waals surface area contributed by atoms with E-state index in [1.54, 1.807) is 0 Å². The van der Waals surface area contributed by atoms with Gasteiger partial charge in [-0.05, 0) is 12.8 Å². The van der Waals surface area contributed by atoms with Crippen LogP contribution in [0.3, 0.4) is 0 Å². The summed E-state index contributed by atoms with van der Waals surface area (Å²) in [4.78, 5) is 0. The highest BCUT2D eigenvalue weighted by Gasteiger charge is 2.59. The van der Waals surface area contributed by atoms with Gasteiger partial charge in [-0.25, -0.2) is 0 Å². The molecule has 0 aromatic heterocycles. The first kappa shape index (κ1) is 14.8. The van der Waals surface area contributed by atoms with Crippen molar-refractivity contribution in [1.29, 1.82) is 0 Å². The van der Waals surface area contributed by atoms with Crippen molar-refractivity contribution >= 4 is 30.4 Å². The first-order valence-electron chi connectivity index (χ1n) is 4.77. The van der Waals surface area contributed by atoms with E-state index in [4.69, 9.17) is 13.7 Å². The second-order valence-electron chi connectivity index (χ2n) is 3.29. The second-order valence-corrected chi connectivity index (χ2v) is 4.73. The summed E-state index contributed by atoms with van der Waals surface area (Å²) >= 11 is 1.96. The van der Waals surface area contributed by atoms with Crippen molar-refractivity contribution in [3.63, 3.8) is 0 Å². The lowest BCUT2D eigenvalue weighted by Gasteiger charge is -2.29. The predicted molar refractivity (Wildman–Crippen MR) is 62.1 cm³/mol. The molecule has 0 aromatic rings. The van der Waals surface area contributed by atoms with Crippen molar-refractivity contribution in [1.82, 2.24) is 0 Å². The lowest BCUT2D eigenvalue weighted by atomic mass is 10.1. The molecule has 8 heteroatoms. The molecule has 0 aliphatic carbocycles. The highest BCUT2D eigenvalue weighted by atomic mass is 127. The van der Waals surface area contributed by atoms with Gasteiger partial charge in [0.25, 0.3) is 5.79 Å². The van der Waals surface area contributed by atoms with Gasteiger partial charge in [-0.15, -0.1) is 0 Å². The summed E-state index contributed by atoms with van der Waals surface area (Å²) in [5.74, 6) is -2.38. The molecule has 0 radical (unpaired) electrons. The number of hydrogen-bond donors (Lipinski definition) is 0. The van der Waals surface area contributed by atoms with Crippen LogP contribution in [0.25, 0.3) is 0 Å². The van der Waals surface area contributed by atoms with E-state index in [0.29, 0.717) is 19.4 Å². The summed E-state index contributed by atoms with van der Waals surface area (Å²) in [5.41, 5.74) is 0. The molecule has 1 heterocycles. The number of halogens is 4. The summed E-state index contributed by atoms with van der Waals surface area (Å²) < 4.78 is 52.5. The van der Waals surface area contributed by atoms with Crippen LogP contribution < -0.4 is 0 Å². The molecule has 0 saturated carbocycles. The SMILES string of the molecule is FC(F)(F)C1(CCCCOSI)OCCO1. The largest absolute Gasteiger partial charge is 0.443 e. The zero-order valence-electron chi connectivity index (χ0n) is 8.39. The topological polar surface area (TPSA) is 27.7 Å².